The molecule has 0 atom stereocenters. The second kappa shape index (κ2) is 3.34. The Morgan fingerprint density at radius 2 is 1.83 bits per heavy atom. The van der Waals surface area contributed by atoms with Gasteiger partial charge in [-0.1, -0.05) is 19.1 Å². The lowest BCUT2D eigenvalue weighted by Crippen LogP contribution is -1.96. The average Bonchev–Trinajstić information content (AvgIpc) is 2.28. The first-order valence-corrected chi connectivity index (χ1v) is 3.84. The summed E-state index contributed by atoms with van der Waals surface area (Å²) in [6, 6.07) is 0. The van der Waals surface area contributed by atoms with Crippen LogP contribution in [-0.4, -0.2) is 11.9 Å². The fourth-order valence-corrected chi connectivity index (χ4v) is 1.08. The van der Waals surface area contributed by atoms with Crippen molar-refractivity contribution in [3.63, 3.8) is 0 Å². The number of allylic oxidation sites excluding steroid dienone is 2. The van der Waals surface area contributed by atoms with E-state index in [4.69, 9.17) is 0 Å². The van der Waals surface area contributed by atoms with Crippen molar-refractivity contribution < 1.29 is 14.3 Å². The van der Waals surface area contributed by atoms with Gasteiger partial charge in [-0.25, -0.2) is 9.59 Å². The van der Waals surface area contributed by atoms with Gasteiger partial charge in [-0.15, -0.1) is 0 Å². The molecule has 3 heteroatoms. The Hall–Kier alpha value is -1.38. The molecule has 0 saturated carbocycles. The van der Waals surface area contributed by atoms with Gasteiger partial charge in [0.1, 0.15) is 0 Å². The third-order valence-corrected chi connectivity index (χ3v) is 1.61. The summed E-state index contributed by atoms with van der Waals surface area (Å²) in [6.45, 7) is 3.61. The van der Waals surface area contributed by atoms with Crippen LogP contribution < -0.4 is 0 Å². The van der Waals surface area contributed by atoms with Gasteiger partial charge in [0, 0.05) is 0 Å². The van der Waals surface area contributed by atoms with Crippen LogP contribution in [0.2, 0.25) is 0 Å². The lowest BCUT2D eigenvalue weighted by molar-refractivity contribution is -0.149. The Kier molecular flexibility index (Phi) is 2.43. The van der Waals surface area contributed by atoms with E-state index in [1.807, 2.05) is 6.92 Å². The van der Waals surface area contributed by atoms with Crippen molar-refractivity contribution in [1.29, 1.82) is 0 Å². The second-order valence-corrected chi connectivity index (χ2v) is 2.41. The molecule has 0 aromatic carbocycles. The first kappa shape index (κ1) is 8.71. The molecule has 1 aliphatic rings. The third kappa shape index (κ3) is 1.30. The quantitative estimate of drug-likeness (QED) is 0.335. The molecule has 3 nitrogen and oxygen atoms in total. The first-order chi connectivity index (χ1) is 5.70. The monoisotopic (exact) mass is 166 g/mol. The average molecular weight is 166 g/mol. The van der Waals surface area contributed by atoms with Gasteiger partial charge in [-0.05, 0) is 13.3 Å². The van der Waals surface area contributed by atoms with Crippen molar-refractivity contribution in [2.75, 3.05) is 0 Å². The van der Waals surface area contributed by atoms with E-state index in [0.29, 0.717) is 11.1 Å². The zero-order valence-electron chi connectivity index (χ0n) is 7.09. The Balaban J connectivity index is 3.07. The van der Waals surface area contributed by atoms with E-state index in [9.17, 15) is 9.59 Å². The van der Waals surface area contributed by atoms with Crippen molar-refractivity contribution in [2.24, 2.45) is 0 Å². The molecule has 0 aromatic heterocycles. The Morgan fingerprint density at radius 3 is 2.33 bits per heavy atom. The van der Waals surface area contributed by atoms with E-state index in [1.54, 1.807) is 19.1 Å². The molecule has 1 fully saturated rings. The van der Waals surface area contributed by atoms with Gasteiger partial charge in [0.25, 0.3) is 0 Å². The van der Waals surface area contributed by atoms with Crippen LogP contribution in [0, 0.1) is 0 Å². The lowest BCUT2D eigenvalue weighted by atomic mass is 10.1. The summed E-state index contributed by atoms with van der Waals surface area (Å²) in [6.07, 6.45) is 4.01. The minimum Gasteiger partial charge on any atom is -0.386 e. The number of hydrogen-bond acceptors (Lipinski definition) is 3. The van der Waals surface area contributed by atoms with Crippen molar-refractivity contribution in [2.45, 2.75) is 20.3 Å². The summed E-state index contributed by atoms with van der Waals surface area (Å²) < 4.78 is 4.42. The van der Waals surface area contributed by atoms with Gasteiger partial charge < -0.3 is 4.74 Å². The van der Waals surface area contributed by atoms with Gasteiger partial charge in [-0.2, -0.15) is 0 Å². The third-order valence-electron chi connectivity index (χ3n) is 1.61. The molecule has 0 aliphatic carbocycles. The van der Waals surface area contributed by atoms with Crippen molar-refractivity contribution >= 4 is 11.9 Å². The minimum absolute atomic E-state index is 0.377. The normalized spacial score (nSPS) is 23.8. The van der Waals surface area contributed by atoms with Crippen LogP contribution in [-0.2, 0) is 14.3 Å². The van der Waals surface area contributed by atoms with Crippen LogP contribution in [0.3, 0.4) is 0 Å². The highest BCUT2D eigenvalue weighted by Gasteiger charge is 2.31. The summed E-state index contributed by atoms with van der Waals surface area (Å²) in [4.78, 5) is 21.9. The number of carbonyl (C=O) groups is 2. The lowest BCUT2D eigenvalue weighted by Gasteiger charge is -1.88. The zero-order valence-corrected chi connectivity index (χ0v) is 7.09. The number of cyclic esters (lactones) is 2. The van der Waals surface area contributed by atoms with E-state index < -0.39 is 11.9 Å². The molecule has 1 saturated heterocycles. The van der Waals surface area contributed by atoms with Gasteiger partial charge in [0.05, 0.1) is 11.1 Å². The van der Waals surface area contributed by atoms with E-state index in [-0.39, 0.29) is 0 Å². The Bertz CT molecular complexity index is 284. The maximum absolute atomic E-state index is 11.0. The fourth-order valence-electron chi connectivity index (χ4n) is 1.08. The molecule has 0 N–H and O–H groups in total. The molecule has 1 heterocycles. The van der Waals surface area contributed by atoms with Gasteiger partial charge in [0.2, 0.25) is 0 Å². The van der Waals surface area contributed by atoms with Crippen molar-refractivity contribution in [3.05, 3.63) is 23.3 Å². The largest absolute Gasteiger partial charge is 0.386 e. The minimum atomic E-state index is -0.540. The zero-order chi connectivity index (χ0) is 9.14. The van der Waals surface area contributed by atoms with E-state index in [0.717, 1.165) is 6.42 Å². The summed E-state index contributed by atoms with van der Waals surface area (Å²) in [7, 11) is 0. The maximum Gasteiger partial charge on any atom is 0.346 e. The number of rotatable bonds is 1. The molecular weight excluding hydrogens is 156 g/mol. The molecule has 1 aliphatic heterocycles. The van der Waals surface area contributed by atoms with E-state index >= 15 is 0 Å². The maximum atomic E-state index is 11.0. The fraction of sp³-hybridized carbons (Fsp3) is 0.333. The molecule has 0 spiro atoms. The number of carbonyl (C=O) groups excluding carboxylic acids is 2. The highest BCUT2D eigenvalue weighted by Crippen LogP contribution is 2.21. The van der Waals surface area contributed by atoms with E-state index in [1.165, 1.54) is 0 Å². The van der Waals surface area contributed by atoms with Crippen molar-refractivity contribution in [1.82, 2.24) is 0 Å². The summed E-state index contributed by atoms with van der Waals surface area (Å²) >= 11 is 0. The molecule has 0 amide bonds. The van der Waals surface area contributed by atoms with Crippen LogP contribution in [0.25, 0.3) is 0 Å². The SMILES string of the molecule is C/C=C1/C(=O)OC(=O)/C1=C/CC. The number of hydrogen-bond donors (Lipinski definition) is 0. The molecule has 1 rings (SSSR count). The van der Waals surface area contributed by atoms with Gasteiger partial charge >= 0.3 is 11.9 Å². The van der Waals surface area contributed by atoms with Crippen LogP contribution in [0.4, 0.5) is 0 Å². The molecular formula is C9H10O3. The van der Waals surface area contributed by atoms with Crippen LogP contribution in [0.5, 0.6) is 0 Å². The van der Waals surface area contributed by atoms with Gasteiger partial charge in [-0.3, -0.25) is 0 Å². The predicted octanol–water partition coefficient (Wildman–Crippen LogP) is 1.35. The van der Waals surface area contributed by atoms with Crippen LogP contribution >= 0.6 is 0 Å². The van der Waals surface area contributed by atoms with Gasteiger partial charge in [0.15, 0.2) is 0 Å². The molecule has 0 bridgehead atoms. The van der Waals surface area contributed by atoms with Crippen molar-refractivity contribution in [3.8, 4) is 0 Å². The summed E-state index contributed by atoms with van der Waals surface area (Å²) in [5.74, 6) is -1.07. The molecule has 0 radical (unpaired) electrons. The Labute approximate surface area is 70.7 Å². The molecule has 12 heavy (non-hydrogen) atoms. The molecule has 0 unspecified atom stereocenters. The van der Waals surface area contributed by atoms with E-state index in [2.05, 4.69) is 4.74 Å². The highest BCUT2D eigenvalue weighted by molar-refractivity contribution is 6.18. The molecule has 0 aromatic rings. The second-order valence-electron chi connectivity index (χ2n) is 2.41. The summed E-state index contributed by atoms with van der Waals surface area (Å²) in [5.41, 5.74) is 0.770. The number of ether oxygens (including phenoxy) is 1. The Morgan fingerprint density at radius 1 is 1.25 bits per heavy atom. The topological polar surface area (TPSA) is 43.4 Å². The first-order valence-electron chi connectivity index (χ1n) is 3.84. The summed E-state index contributed by atoms with van der Waals surface area (Å²) in [5, 5.41) is 0. The highest BCUT2D eigenvalue weighted by atomic mass is 16.6. The molecule has 64 valence electrons. The number of esters is 2. The standard InChI is InChI=1S/C9H10O3/c1-3-5-7-6(4-2)8(10)12-9(7)11/h4-5H,3H2,1-2H3/b6-4+,7-5+. The van der Waals surface area contributed by atoms with Crippen LogP contribution in [0.1, 0.15) is 20.3 Å². The smallest absolute Gasteiger partial charge is 0.346 e. The predicted molar refractivity (Wildman–Crippen MR) is 43.2 cm³/mol. The van der Waals surface area contributed by atoms with Crippen LogP contribution in [0.15, 0.2) is 23.3 Å².